The Morgan fingerprint density at radius 3 is 2.40 bits per heavy atom. The average Bonchev–Trinajstić information content (AvgIpc) is 2.43. The van der Waals surface area contributed by atoms with Gasteiger partial charge >= 0.3 is 0 Å². The molecular formula is C15H24ClN3O. The van der Waals surface area contributed by atoms with Crippen molar-refractivity contribution in [1.82, 2.24) is 10.6 Å². The maximum absolute atomic E-state index is 11.7. The predicted molar refractivity (Wildman–Crippen MR) is 83.6 cm³/mol. The summed E-state index contributed by atoms with van der Waals surface area (Å²) in [5, 5.41) is 6.94. The van der Waals surface area contributed by atoms with Crippen LogP contribution in [-0.4, -0.2) is 24.5 Å². The highest BCUT2D eigenvalue weighted by molar-refractivity contribution is 6.30. The lowest BCUT2D eigenvalue weighted by Gasteiger charge is -2.18. The van der Waals surface area contributed by atoms with Crippen LogP contribution in [0.5, 0.6) is 0 Å². The summed E-state index contributed by atoms with van der Waals surface area (Å²) in [6.45, 7) is 7.20. The van der Waals surface area contributed by atoms with Crippen molar-refractivity contribution in [1.29, 1.82) is 0 Å². The molecule has 0 radical (unpaired) electrons. The predicted octanol–water partition coefficient (Wildman–Crippen LogP) is 1.92. The van der Waals surface area contributed by atoms with Gasteiger partial charge in [0.05, 0.1) is 6.04 Å². The van der Waals surface area contributed by atoms with Crippen molar-refractivity contribution in [3.8, 4) is 0 Å². The summed E-state index contributed by atoms with van der Waals surface area (Å²) >= 11 is 5.83. The van der Waals surface area contributed by atoms with Crippen molar-refractivity contribution in [2.75, 3.05) is 6.54 Å². The van der Waals surface area contributed by atoms with Crippen LogP contribution in [-0.2, 0) is 11.3 Å². The Bertz CT molecular complexity index is 420. The van der Waals surface area contributed by atoms with Gasteiger partial charge in [-0.05, 0) is 30.5 Å². The van der Waals surface area contributed by atoms with Crippen LogP contribution in [0.1, 0.15) is 26.3 Å². The van der Waals surface area contributed by atoms with Gasteiger partial charge < -0.3 is 16.4 Å². The van der Waals surface area contributed by atoms with E-state index in [1.807, 2.05) is 45.0 Å². The van der Waals surface area contributed by atoms with E-state index in [2.05, 4.69) is 10.6 Å². The van der Waals surface area contributed by atoms with E-state index >= 15 is 0 Å². The third-order valence-corrected chi connectivity index (χ3v) is 3.42. The number of benzene rings is 1. The van der Waals surface area contributed by atoms with Crippen LogP contribution in [0, 0.1) is 5.92 Å². The first-order valence-corrected chi connectivity index (χ1v) is 7.29. The molecule has 1 aromatic rings. The third kappa shape index (κ3) is 5.90. The zero-order valence-corrected chi connectivity index (χ0v) is 13.1. The first kappa shape index (κ1) is 17.0. The normalized spacial score (nSPS) is 14.1. The molecule has 4 N–H and O–H groups in total. The molecule has 2 atom stereocenters. The maximum atomic E-state index is 11.7. The highest BCUT2D eigenvalue weighted by Crippen LogP contribution is 2.09. The summed E-state index contributed by atoms with van der Waals surface area (Å²) < 4.78 is 0. The molecule has 1 aromatic carbocycles. The minimum Gasteiger partial charge on any atom is -0.353 e. The van der Waals surface area contributed by atoms with Gasteiger partial charge in [0.1, 0.15) is 0 Å². The number of nitrogens with one attached hydrogen (secondary N) is 2. The molecule has 4 nitrogen and oxygen atoms in total. The van der Waals surface area contributed by atoms with E-state index < -0.39 is 6.04 Å². The number of carbonyl (C=O) groups is 1. The Balaban J connectivity index is 2.28. The standard InChI is InChI=1S/C15H24ClN3O/c1-10(2)14(17)15(20)19-8-11(3)18-9-12-4-6-13(16)7-5-12/h4-7,10-11,14,18H,8-9,17H2,1-3H3,(H,19,20)/t11-,14-/m0/s1. The van der Waals surface area contributed by atoms with E-state index in [4.69, 9.17) is 17.3 Å². The fourth-order valence-electron chi connectivity index (χ4n) is 1.64. The highest BCUT2D eigenvalue weighted by Gasteiger charge is 2.17. The van der Waals surface area contributed by atoms with Gasteiger partial charge in [-0.25, -0.2) is 0 Å². The number of nitrogens with two attached hydrogens (primary N) is 1. The van der Waals surface area contributed by atoms with Crippen molar-refractivity contribution in [2.45, 2.75) is 39.4 Å². The molecule has 0 fully saturated rings. The molecule has 1 amide bonds. The average molecular weight is 298 g/mol. The zero-order chi connectivity index (χ0) is 15.1. The molecular weight excluding hydrogens is 274 g/mol. The number of amides is 1. The summed E-state index contributed by atoms with van der Waals surface area (Å²) in [5.74, 6) is 0.0486. The highest BCUT2D eigenvalue weighted by atomic mass is 35.5. The SMILES string of the molecule is CC(C)[C@H](N)C(=O)NC[C@H](C)NCc1ccc(Cl)cc1. The van der Waals surface area contributed by atoms with Crippen molar-refractivity contribution in [3.05, 3.63) is 34.9 Å². The van der Waals surface area contributed by atoms with Gasteiger partial charge in [0.2, 0.25) is 5.91 Å². The van der Waals surface area contributed by atoms with E-state index in [-0.39, 0.29) is 17.9 Å². The molecule has 5 heteroatoms. The fraction of sp³-hybridized carbons (Fsp3) is 0.533. The summed E-state index contributed by atoms with van der Waals surface area (Å²) in [5.41, 5.74) is 6.94. The van der Waals surface area contributed by atoms with Crippen LogP contribution in [0.4, 0.5) is 0 Å². The number of carbonyl (C=O) groups excluding carboxylic acids is 1. The summed E-state index contributed by atoms with van der Waals surface area (Å²) in [6, 6.07) is 7.43. The van der Waals surface area contributed by atoms with Gasteiger partial charge in [0, 0.05) is 24.2 Å². The van der Waals surface area contributed by atoms with E-state index in [0.29, 0.717) is 6.54 Å². The van der Waals surface area contributed by atoms with Gasteiger partial charge in [0.15, 0.2) is 0 Å². The van der Waals surface area contributed by atoms with Crippen molar-refractivity contribution in [2.24, 2.45) is 11.7 Å². The first-order chi connectivity index (χ1) is 9.40. The Labute approximate surface area is 126 Å². The summed E-state index contributed by atoms with van der Waals surface area (Å²) in [7, 11) is 0. The van der Waals surface area contributed by atoms with Crippen LogP contribution in [0.15, 0.2) is 24.3 Å². The topological polar surface area (TPSA) is 67.2 Å². The van der Waals surface area contributed by atoms with Gasteiger partial charge in [0.25, 0.3) is 0 Å². The molecule has 1 rings (SSSR count). The van der Waals surface area contributed by atoms with E-state index in [1.54, 1.807) is 0 Å². The Hall–Kier alpha value is -1.10. The van der Waals surface area contributed by atoms with Crippen LogP contribution in [0.25, 0.3) is 0 Å². The van der Waals surface area contributed by atoms with Crippen LogP contribution >= 0.6 is 11.6 Å². The fourth-order valence-corrected chi connectivity index (χ4v) is 1.77. The monoisotopic (exact) mass is 297 g/mol. The Kier molecular flexibility index (Phi) is 6.99. The quantitative estimate of drug-likeness (QED) is 0.720. The molecule has 20 heavy (non-hydrogen) atoms. The Morgan fingerprint density at radius 1 is 1.25 bits per heavy atom. The zero-order valence-electron chi connectivity index (χ0n) is 12.3. The lowest BCUT2D eigenvalue weighted by molar-refractivity contribution is -0.123. The molecule has 112 valence electrons. The number of rotatable bonds is 7. The van der Waals surface area contributed by atoms with Gasteiger partial charge in [-0.2, -0.15) is 0 Å². The second kappa shape index (κ2) is 8.25. The third-order valence-electron chi connectivity index (χ3n) is 3.17. The Morgan fingerprint density at radius 2 is 1.85 bits per heavy atom. The summed E-state index contributed by atoms with van der Waals surface area (Å²) in [6.07, 6.45) is 0. The van der Waals surface area contributed by atoms with Crippen molar-refractivity contribution >= 4 is 17.5 Å². The molecule has 0 saturated heterocycles. The molecule has 0 aromatic heterocycles. The first-order valence-electron chi connectivity index (χ1n) is 6.91. The lowest BCUT2D eigenvalue weighted by Crippen LogP contribution is -2.47. The van der Waals surface area contributed by atoms with Gasteiger partial charge in [-0.15, -0.1) is 0 Å². The molecule has 0 saturated carbocycles. The van der Waals surface area contributed by atoms with Gasteiger partial charge in [-0.3, -0.25) is 4.79 Å². The molecule has 0 spiro atoms. The molecule has 0 aliphatic rings. The molecule has 0 aliphatic heterocycles. The minimum atomic E-state index is -0.446. The van der Waals surface area contributed by atoms with Crippen molar-refractivity contribution < 1.29 is 4.79 Å². The van der Waals surface area contributed by atoms with E-state index in [0.717, 1.165) is 17.1 Å². The molecule has 0 unspecified atom stereocenters. The number of hydrogen-bond acceptors (Lipinski definition) is 3. The maximum Gasteiger partial charge on any atom is 0.237 e. The van der Waals surface area contributed by atoms with Crippen molar-refractivity contribution in [3.63, 3.8) is 0 Å². The number of halogens is 1. The van der Waals surface area contributed by atoms with Crippen LogP contribution in [0.3, 0.4) is 0 Å². The van der Waals surface area contributed by atoms with Crippen LogP contribution < -0.4 is 16.4 Å². The van der Waals surface area contributed by atoms with Crippen LogP contribution in [0.2, 0.25) is 5.02 Å². The largest absolute Gasteiger partial charge is 0.353 e. The number of hydrogen-bond donors (Lipinski definition) is 3. The second-order valence-corrected chi connectivity index (χ2v) is 5.86. The molecule has 0 aliphatic carbocycles. The smallest absolute Gasteiger partial charge is 0.237 e. The van der Waals surface area contributed by atoms with E-state index in [1.165, 1.54) is 0 Å². The lowest BCUT2D eigenvalue weighted by atomic mass is 10.1. The van der Waals surface area contributed by atoms with E-state index in [9.17, 15) is 4.79 Å². The minimum absolute atomic E-state index is 0.0971. The van der Waals surface area contributed by atoms with Gasteiger partial charge in [-0.1, -0.05) is 37.6 Å². The second-order valence-electron chi connectivity index (χ2n) is 5.42. The molecule has 0 bridgehead atoms. The molecule has 0 heterocycles. The summed E-state index contributed by atoms with van der Waals surface area (Å²) in [4.78, 5) is 11.7.